The molecular formula is C17H19NO3. The largest absolute Gasteiger partial charge is 0.497 e. The van der Waals surface area contributed by atoms with E-state index in [2.05, 4.69) is 11.9 Å². The molecule has 4 nitrogen and oxygen atoms in total. The maximum absolute atomic E-state index is 12.6. The normalized spacial score (nSPS) is 30.3. The van der Waals surface area contributed by atoms with Gasteiger partial charge < -0.3 is 15.2 Å². The Kier molecular flexibility index (Phi) is 3.33. The van der Waals surface area contributed by atoms with Gasteiger partial charge in [0.05, 0.1) is 18.6 Å². The SMILES string of the molecule is C=C1C[C@@]2(C(=O)Nc3ccc(OC)cc3)C=C[C@@H](O)[C@@H]1C2. The fraction of sp³-hybridized carbons (Fsp3) is 0.353. The standard InChI is InChI=1S/C17H19NO3/c1-11-9-17(8-7-15(19)14(11)10-17)16(20)18-12-3-5-13(21-2)6-4-12/h3-8,14-15,19H,1,9-10H2,2H3,(H,18,20)/t14-,15-,17+/m1/s1. The highest BCUT2D eigenvalue weighted by Crippen LogP contribution is 2.50. The van der Waals surface area contributed by atoms with E-state index < -0.39 is 11.5 Å². The summed E-state index contributed by atoms with van der Waals surface area (Å²) in [4.78, 5) is 12.6. The van der Waals surface area contributed by atoms with Crippen LogP contribution in [0.15, 0.2) is 48.6 Å². The number of aliphatic hydroxyl groups excluding tert-OH is 1. The van der Waals surface area contributed by atoms with Gasteiger partial charge in [-0.05, 0) is 37.1 Å². The van der Waals surface area contributed by atoms with Gasteiger partial charge in [-0.25, -0.2) is 0 Å². The molecule has 110 valence electrons. The summed E-state index contributed by atoms with van der Waals surface area (Å²) in [5.74, 6) is 0.706. The first-order chi connectivity index (χ1) is 10.0. The Hall–Kier alpha value is -2.07. The van der Waals surface area contributed by atoms with Crippen molar-refractivity contribution in [3.8, 4) is 5.75 Å². The molecule has 1 amide bonds. The number of hydrogen-bond donors (Lipinski definition) is 2. The van der Waals surface area contributed by atoms with Crippen molar-refractivity contribution < 1.29 is 14.6 Å². The van der Waals surface area contributed by atoms with Crippen molar-refractivity contribution in [2.75, 3.05) is 12.4 Å². The summed E-state index contributed by atoms with van der Waals surface area (Å²) in [5, 5.41) is 12.9. The number of anilines is 1. The van der Waals surface area contributed by atoms with Crippen molar-refractivity contribution in [3.05, 3.63) is 48.6 Å². The molecule has 0 saturated heterocycles. The van der Waals surface area contributed by atoms with Gasteiger partial charge in [-0.15, -0.1) is 0 Å². The van der Waals surface area contributed by atoms with Crippen LogP contribution >= 0.6 is 0 Å². The first-order valence-corrected chi connectivity index (χ1v) is 7.05. The van der Waals surface area contributed by atoms with E-state index in [-0.39, 0.29) is 11.8 Å². The second-order valence-corrected chi connectivity index (χ2v) is 5.83. The Morgan fingerprint density at radius 1 is 1.43 bits per heavy atom. The zero-order valence-corrected chi connectivity index (χ0v) is 12.0. The fourth-order valence-electron chi connectivity index (χ4n) is 3.23. The zero-order chi connectivity index (χ0) is 15.0. The van der Waals surface area contributed by atoms with Crippen LogP contribution in [0.25, 0.3) is 0 Å². The monoisotopic (exact) mass is 285 g/mol. The number of fused-ring (bicyclic) bond motifs is 2. The molecule has 2 bridgehead atoms. The number of carbonyl (C=O) groups is 1. The van der Waals surface area contributed by atoms with Gasteiger partial charge in [0.2, 0.25) is 5.91 Å². The van der Waals surface area contributed by atoms with Gasteiger partial charge in [0.1, 0.15) is 5.75 Å². The van der Waals surface area contributed by atoms with E-state index in [0.29, 0.717) is 12.8 Å². The molecule has 1 aromatic rings. The van der Waals surface area contributed by atoms with Crippen LogP contribution in [0, 0.1) is 11.3 Å². The van der Waals surface area contributed by atoms with Crippen LogP contribution in [0.5, 0.6) is 5.75 Å². The molecule has 3 rings (SSSR count). The average Bonchev–Trinajstić information content (AvgIpc) is 2.78. The lowest BCUT2D eigenvalue weighted by Gasteiger charge is -2.28. The first kappa shape index (κ1) is 13.9. The molecule has 0 aliphatic heterocycles. The van der Waals surface area contributed by atoms with Gasteiger partial charge in [0.15, 0.2) is 0 Å². The number of carbonyl (C=O) groups excluding carboxylic acids is 1. The minimum Gasteiger partial charge on any atom is -0.497 e. The molecule has 4 heteroatoms. The minimum absolute atomic E-state index is 0.00313. The van der Waals surface area contributed by atoms with Gasteiger partial charge >= 0.3 is 0 Å². The quantitative estimate of drug-likeness (QED) is 0.839. The molecule has 2 N–H and O–H groups in total. The highest BCUT2D eigenvalue weighted by Gasteiger charge is 2.49. The number of nitrogens with one attached hydrogen (secondary N) is 1. The molecule has 1 fully saturated rings. The second kappa shape index (κ2) is 5.04. The van der Waals surface area contributed by atoms with Crippen LogP contribution in [0.1, 0.15) is 12.8 Å². The van der Waals surface area contributed by atoms with Crippen molar-refractivity contribution in [1.82, 2.24) is 0 Å². The van der Waals surface area contributed by atoms with Crippen molar-refractivity contribution >= 4 is 11.6 Å². The molecule has 0 radical (unpaired) electrons. The van der Waals surface area contributed by atoms with Crippen LogP contribution in [-0.4, -0.2) is 24.2 Å². The lowest BCUT2D eigenvalue weighted by molar-refractivity contribution is -0.123. The summed E-state index contributed by atoms with van der Waals surface area (Å²) in [6, 6.07) is 7.25. The number of aliphatic hydroxyl groups is 1. The predicted octanol–water partition coefficient (Wildman–Crippen LogP) is 2.52. The molecule has 0 spiro atoms. The third-order valence-electron chi connectivity index (χ3n) is 4.48. The lowest BCUT2D eigenvalue weighted by Crippen LogP contribution is -2.35. The Bertz CT molecular complexity index is 605. The molecule has 2 aliphatic rings. The van der Waals surface area contributed by atoms with E-state index in [0.717, 1.165) is 17.0 Å². The molecule has 0 unspecified atom stereocenters. The Morgan fingerprint density at radius 3 is 2.81 bits per heavy atom. The Morgan fingerprint density at radius 2 is 2.14 bits per heavy atom. The highest BCUT2D eigenvalue weighted by molar-refractivity contribution is 5.97. The third kappa shape index (κ3) is 2.36. The second-order valence-electron chi connectivity index (χ2n) is 5.83. The smallest absolute Gasteiger partial charge is 0.234 e. The van der Waals surface area contributed by atoms with Gasteiger partial charge in [-0.1, -0.05) is 24.3 Å². The lowest BCUT2D eigenvalue weighted by atomic mass is 9.79. The average molecular weight is 285 g/mol. The van der Waals surface area contributed by atoms with Crippen molar-refractivity contribution in [2.45, 2.75) is 18.9 Å². The maximum Gasteiger partial charge on any atom is 0.234 e. The van der Waals surface area contributed by atoms with Crippen LogP contribution < -0.4 is 10.1 Å². The summed E-state index contributed by atoms with van der Waals surface area (Å²) in [6.45, 7) is 4.01. The van der Waals surface area contributed by atoms with E-state index in [1.165, 1.54) is 0 Å². The summed E-state index contributed by atoms with van der Waals surface area (Å²) >= 11 is 0. The van der Waals surface area contributed by atoms with Crippen LogP contribution in [-0.2, 0) is 4.79 Å². The van der Waals surface area contributed by atoms with Gasteiger partial charge in [0.25, 0.3) is 0 Å². The number of hydrogen-bond acceptors (Lipinski definition) is 3. The molecule has 1 aromatic carbocycles. The zero-order valence-electron chi connectivity index (χ0n) is 12.0. The summed E-state index contributed by atoms with van der Waals surface area (Å²) in [6.07, 6.45) is 4.28. The van der Waals surface area contributed by atoms with E-state index in [1.807, 2.05) is 30.3 Å². The van der Waals surface area contributed by atoms with Gasteiger partial charge in [-0.2, -0.15) is 0 Å². The molecule has 2 aliphatic carbocycles. The Balaban J connectivity index is 1.79. The fourth-order valence-corrected chi connectivity index (χ4v) is 3.23. The molecular weight excluding hydrogens is 266 g/mol. The summed E-state index contributed by atoms with van der Waals surface area (Å²) in [7, 11) is 1.61. The maximum atomic E-state index is 12.6. The predicted molar refractivity (Wildman–Crippen MR) is 81.1 cm³/mol. The molecule has 21 heavy (non-hydrogen) atoms. The summed E-state index contributed by atoms with van der Waals surface area (Å²) in [5.41, 5.74) is 1.13. The number of amides is 1. The van der Waals surface area contributed by atoms with Crippen molar-refractivity contribution in [3.63, 3.8) is 0 Å². The Labute approximate surface area is 124 Å². The minimum atomic E-state index is -0.569. The topological polar surface area (TPSA) is 58.6 Å². The molecule has 0 aromatic heterocycles. The first-order valence-electron chi connectivity index (χ1n) is 7.05. The van der Waals surface area contributed by atoms with E-state index in [9.17, 15) is 9.90 Å². The van der Waals surface area contributed by atoms with Crippen LogP contribution in [0.4, 0.5) is 5.69 Å². The molecule has 3 atom stereocenters. The number of methoxy groups -OCH3 is 1. The third-order valence-corrected chi connectivity index (χ3v) is 4.48. The van der Waals surface area contributed by atoms with Crippen molar-refractivity contribution in [1.29, 1.82) is 0 Å². The summed E-state index contributed by atoms with van der Waals surface area (Å²) < 4.78 is 5.10. The van der Waals surface area contributed by atoms with Gasteiger partial charge in [-0.3, -0.25) is 4.79 Å². The van der Waals surface area contributed by atoms with Crippen LogP contribution in [0.2, 0.25) is 0 Å². The molecule has 1 saturated carbocycles. The number of benzene rings is 1. The van der Waals surface area contributed by atoms with Gasteiger partial charge in [0, 0.05) is 11.6 Å². The number of rotatable bonds is 3. The van der Waals surface area contributed by atoms with E-state index in [4.69, 9.17) is 4.74 Å². The highest BCUT2D eigenvalue weighted by atomic mass is 16.5. The van der Waals surface area contributed by atoms with Crippen molar-refractivity contribution in [2.24, 2.45) is 11.3 Å². The van der Waals surface area contributed by atoms with E-state index in [1.54, 1.807) is 13.2 Å². The van der Waals surface area contributed by atoms with Crippen LogP contribution in [0.3, 0.4) is 0 Å². The number of ether oxygens (including phenoxy) is 1. The van der Waals surface area contributed by atoms with E-state index >= 15 is 0 Å². The molecule has 0 heterocycles.